The number of anilines is 1. The molecule has 0 aliphatic rings. The van der Waals surface area contributed by atoms with E-state index in [0.29, 0.717) is 28.0 Å². The number of amides is 1. The molecule has 0 saturated heterocycles. The van der Waals surface area contributed by atoms with E-state index in [2.05, 4.69) is 5.32 Å². The van der Waals surface area contributed by atoms with Crippen molar-refractivity contribution in [2.24, 2.45) is 0 Å². The predicted molar refractivity (Wildman–Crippen MR) is 93.1 cm³/mol. The summed E-state index contributed by atoms with van der Waals surface area (Å²) in [5, 5.41) is 3.18. The van der Waals surface area contributed by atoms with Gasteiger partial charge in [0.1, 0.15) is 17.6 Å². The van der Waals surface area contributed by atoms with Gasteiger partial charge in [-0.3, -0.25) is 9.59 Å². The first-order valence-electron chi connectivity index (χ1n) is 7.31. The van der Waals surface area contributed by atoms with E-state index in [0.717, 1.165) is 0 Å². The smallest absolute Gasteiger partial charge is 0.248 e. The Morgan fingerprint density at radius 3 is 2.71 bits per heavy atom. The number of para-hydroxylation sites is 3. The van der Waals surface area contributed by atoms with Crippen LogP contribution in [0.2, 0.25) is 0 Å². The molecule has 0 fully saturated rings. The van der Waals surface area contributed by atoms with Crippen LogP contribution in [0.3, 0.4) is 0 Å². The molecule has 0 saturated carbocycles. The Hall–Kier alpha value is -3.34. The summed E-state index contributed by atoms with van der Waals surface area (Å²) in [6, 6.07) is 14.0. The Balaban J connectivity index is 1.82. The molecule has 0 aliphatic carbocycles. The third kappa shape index (κ3) is 3.20. The van der Waals surface area contributed by atoms with Crippen molar-refractivity contribution in [3.8, 4) is 5.75 Å². The molecule has 5 heteroatoms. The van der Waals surface area contributed by atoms with Gasteiger partial charge in [0, 0.05) is 6.08 Å². The SMILES string of the molecule is COc1ccccc1NC(=O)/C=C/c1coc2ccccc2c1=O. The van der Waals surface area contributed by atoms with E-state index < -0.39 is 0 Å². The summed E-state index contributed by atoms with van der Waals surface area (Å²) in [5.41, 5.74) is 1.19. The van der Waals surface area contributed by atoms with Crippen LogP contribution in [0.1, 0.15) is 5.56 Å². The average Bonchev–Trinajstić information content (AvgIpc) is 2.62. The van der Waals surface area contributed by atoms with Gasteiger partial charge in [0.15, 0.2) is 5.43 Å². The zero-order valence-electron chi connectivity index (χ0n) is 13.0. The highest BCUT2D eigenvalue weighted by atomic mass is 16.5. The topological polar surface area (TPSA) is 68.5 Å². The molecule has 0 spiro atoms. The number of rotatable bonds is 4. The number of fused-ring (bicyclic) bond motifs is 1. The zero-order chi connectivity index (χ0) is 16.9. The van der Waals surface area contributed by atoms with Gasteiger partial charge in [0.25, 0.3) is 0 Å². The van der Waals surface area contributed by atoms with E-state index in [9.17, 15) is 9.59 Å². The number of ether oxygens (including phenoxy) is 1. The lowest BCUT2D eigenvalue weighted by Gasteiger charge is -2.07. The summed E-state index contributed by atoms with van der Waals surface area (Å²) < 4.78 is 10.6. The van der Waals surface area contributed by atoms with Crippen molar-refractivity contribution in [3.63, 3.8) is 0 Å². The minimum Gasteiger partial charge on any atom is -0.495 e. The van der Waals surface area contributed by atoms with Crippen molar-refractivity contribution >= 4 is 28.6 Å². The quantitative estimate of drug-likeness (QED) is 0.747. The first kappa shape index (κ1) is 15.6. The fraction of sp³-hybridized carbons (Fsp3) is 0.0526. The van der Waals surface area contributed by atoms with E-state index >= 15 is 0 Å². The van der Waals surface area contributed by atoms with Crippen LogP contribution in [0.15, 0.2) is 70.1 Å². The lowest BCUT2D eigenvalue weighted by atomic mass is 10.1. The molecule has 5 nitrogen and oxygen atoms in total. The van der Waals surface area contributed by atoms with Crippen LogP contribution in [-0.2, 0) is 4.79 Å². The second kappa shape index (κ2) is 6.83. The van der Waals surface area contributed by atoms with Gasteiger partial charge < -0.3 is 14.5 Å². The molecular formula is C19H15NO4. The first-order valence-corrected chi connectivity index (χ1v) is 7.31. The Bertz CT molecular complexity index is 972. The molecule has 1 heterocycles. The molecule has 0 aliphatic heterocycles. The number of hydrogen-bond donors (Lipinski definition) is 1. The van der Waals surface area contributed by atoms with E-state index in [4.69, 9.17) is 9.15 Å². The zero-order valence-corrected chi connectivity index (χ0v) is 13.0. The van der Waals surface area contributed by atoms with Crippen molar-refractivity contribution in [2.75, 3.05) is 12.4 Å². The van der Waals surface area contributed by atoms with Gasteiger partial charge in [0.2, 0.25) is 5.91 Å². The van der Waals surface area contributed by atoms with Crippen LogP contribution in [0.5, 0.6) is 5.75 Å². The van der Waals surface area contributed by atoms with Gasteiger partial charge in [-0.1, -0.05) is 24.3 Å². The maximum atomic E-state index is 12.3. The monoisotopic (exact) mass is 321 g/mol. The minimum absolute atomic E-state index is 0.182. The predicted octanol–water partition coefficient (Wildman–Crippen LogP) is 3.45. The normalized spacial score (nSPS) is 10.9. The van der Waals surface area contributed by atoms with Gasteiger partial charge in [-0.25, -0.2) is 0 Å². The Kier molecular flexibility index (Phi) is 4.43. The molecule has 3 aromatic rings. The van der Waals surface area contributed by atoms with Crippen LogP contribution in [-0.4, -0.2) is 13.0 Å². The summed E-state index contributed by atoms with van der Waals surface area (Å²) in [5.74, 6) is 0.191. The third-order valence-electron chi connectivity index (χ3n) is 3.49. The van der Waals surface area contributed by atoms with E-state index in [1.165, 1.54) is 25.5 Å². The Labute approximate surface area is 138 Å². The van der Waals surface area contributed by atoms with Crippen molar-refractivity contribution in [3.05, 3.63) is 76.7 Å². The second-order valence-electron chi connectivity index (χ2n) is 5.04. The summed E-state index contributed by atoms with van der Waals surface area (Å²) in [4.78, 5) is 24.4. The molecule has 0 radical (unpaired) electrons. The van der Waals surface area contributed by atoms with Gasteiger partial charge in [-0.2, -0.15) is 0 Å². The standard InChI is InChI=1S/C19H15NO4/c1-23-17-9-5-3-7-15(17)20-18(21)11-10-13-12-24-16-8-4-2-6-14(16)19(13)22/h2-12H,1H3,(H,20,21)/b11-10+. The Morgan fingerprint density at radius 1 is 1.12 bits per heavy atom. The molecule has 1 aromatic heterocycles. The number of hydrogen-bond acceptors (Lipinski definition) is 4. The fourth-order valence-electron chi connectivity index (χ4n) is 2.30. The van der Waals surface area contributed by atoms with Crippen molar-refractivity contribution < 1.29 is 13.9 Å². The van der Waals surface area contributed by atoms with Crippen molar-refractivity contribution in [1.82, 2.24) is 0 Å². The lowest BCUT2D eigenvalue weighted by molar-refractivity contribution is -0.111. The maximum absolute atomic E-state index is 12.3. The van der Waals surface area contributed by atoms with Gasteiger partial charge >= 0.3 is 0 Å². The maximum Gasteiger partial charge on any atom is 0.248 e. The van der Waals surface area contributed by atoms with Gasteiger partial charge in [-0.15, -0.1) is 0 Å². The van der Waals surface area contributed by atoms with Crippen molar-refractivity contribution in [1.29, 1.82) is 0 Å². The largest absolute Gasteiger partial charge is 0.495 e. The minimum atomic E-state index is -0.368. The molecule has 0 atom stereocenters. The molecule has 0 unspecified atom stereocenters. The second-order valence-corrected chi connectivity index (χ2v) is 5.04. The molecule has 3 rings (SSSR count). The number of carbonyl (C=O) groups is 1. The summed E-state index contributed by atoms with van der Waals surface area (Å²) >= 11 is 0. The van der Waals surface area contributed by atoms with Crippen LogP contribution in [0.25, 0.3) is 17.0 Å². The highest BCUT2D eigenvalue weighted by Gasteiger charge is 2.06. The molecule has 0 bridgehead atoms. The highest BCUT2D eigenvalue weighted by molar-refractivity contribution is 6.02. The van der Waals surface area contributed by atoms with Crippen molar-refractivity contribution in [2.45, 2.75) is 0 Å². The molecule has 2 aromatic carbocycles. The molecule has 120 valence electrons. The van der Waals surface area contributed by atoms with Gasteiger partial charge in [-0.05, 0) is 30.3 Å². The molecule has 24 heavy (non-hydrogen) atoms. The Morgan fingerprint density at radius 2 is 1.88 bits per heavy atom. The summed E-state index contributed by atoms with van der Waals surface area (Å²) in [6.45, 7) is 0. The van der Waals surface area contributed by atoms with E-state index in [-0.39, 0.29) is 11.3 Å². The molecule has 1 amide bonds. The number of nitrogens with one attached hydrogen (secondary N) is 1. The molecule has 1 N–H and O–H groups in total. The molecular weight excluding hydrogens is 306 g/mol. The van der Waals surface area contributed by atoms with Crippen LogP contribution in [0.4, 0.5) is 5.69 Å². The summed E-state index contributed by atoms with van der Waals surface area (Å²) in [6.07, 6.45) is 4.06. The average molecular weight is 321 g/mol. The van der Waals surface area contributed by atoms with Crippen LogP contribution in [0, 0.1) is 0 Å². The number of carbonyl (C=O) groups excluding carboxylic acids is 1. The van der Waals surface area contributed by atoms with Crippen LogP contribution >= 0.6 is 0 Å². The first-order chi connectivity index (χ1) is 11.7. The highest BCUT2D eigenvalue weighted by Crippen LogP contribution is 2.22. The lowest BCUT2D eigenvalue weighted by Crippen LogP contribution is -2.10. The number of benzene rings is 2. The van der Waals surface area contributed by atoms with E-state index in [1.807, 2.05) is 6.07 Å². The number of methoxy groups -OCH3 is 1. The summed E-state index contributed by atoms with van der Waals surface area (Å²) in [7, 11) is 1.53. The third-order valence-corrected chi connectivity index (χ3v) is 3.49. The van der Waals surface area contributed by atoms with Gasteiger partial charge in [0.05, 0.1) is 23.7 Å². The fourth-order valence-corrected chi connectivity index (χ4v) is 2.30. The van der Waals surface area contributed by atoms with Crippen LogP contribution < -0.4 is 15.5 Å². The van der Waals surface area contributed by atoms with E-state index in [1.54, 1.807) is 42.5 Å².